The van der Waals surface area contributed by atoms with Gasteiger partial charge in [0.2, 0.25) is 5.69 Å². The van der Waals surface area contributed by atoms with Gasteiger partial charge < -0.3 is 4.98 Å². The van der Waals surface area contributed by atoms with Crippen molar-refractivity contribution in [1.29, 1.82) is 0 Å². The average molecular weight is 245 g/mol. The Morgan fingerprint density at radius 1 is 0.684 bits per heavy atom. The summed E-state index contributed by atoms with van der Waals surface area (Å²) in [5.41, 5.74) is 3.51. The zero-order valence-electron chi connectivity index (χ0n) is 10.4. The first-order valence-electron chi connectivity index (χ1n) is 6.39. The number of pyridine rings is 1. The van der Waals surface area contributed by atoms with Gasteiger partial charge in [-0.25, -0.2) is 0 Å². The fourth-order valence-corrected chi connectivity index (χ4v) is 2.56. The Kier molecular flexibility index (Phi) is 2.15. The number of benzene rings is 2. The van der Waals surface area contributed by atoms with Crippen LogP contribution in [-0.4, -0.2) is 4.98 Å². The lowest BCUT2D eigenvalue weighted by molar-refractivity contribution is -0.594. The van der Waals surface area contributed by atoms with Gasteiger partial charge >= 0.3 is 0 Å². The van der Waals surface area contributed by atoms with Gasteiger partial charge in [-0.1, -0.05) is 36.4 Å². The Bertz CT molecular complexity index is 860. The van der Waals surface area contributed by atoms with Crippen LogP contribution in [-0.2, 0) is 0 Å². The number of aromatic amines is 1. The minimum absolute atomic E-state index is 1.16. The molecule has 2 heterocycles. The second-order valence-electron chi connectivity index (χ2n) is 4.69. The van der Waals surface area contributed by atoms with Crippen LogP contribution in [0.15, 0.2) is 73.1 Å². The predicted octanol–water partition coefficient (Wildman–Crippen LogP) is 3.60. The largest absolute Gasteiger partial charge is 0.350 e. The molecule has 0 aliphatic rings. The highest BCUT2D eigenvalue weighted by molar-refractivity contribution is 6.06. The maximum absolute atomic E-state index is 3.47. The summed E-state index contributed by atoms with van der Waals surface area (Å²) in [4.78, 5) is 3.47. The van der Waals surface area contributed by atoms with Crippen LogP contribution in [0.1, 0.15) is 0 Å². The Balaban J connectivity index is 1.99. The number of hydrogen-bond acceptors (Lipinski definition) is 0. The molecule has 2 nitrogen and oxygen atoms in total. The van der Waals surface area contributed by atoms with E-state index in [-0.39, 0.29) is 0 Å². The highest BCUT2D eigenvalue weighted by Gasteiger charge is 2.10. The second kappa shape index (κ2) is 3.95. The van der Waals surface area contributed by atoms with E-state index in [1.54, 1.807) is 0 Å². The molecule has 0 spiro atoms. The van der Waals surface area contributed by atoms with Crippen molar-refractivity contribution in [2.24, 2.45) is 0 Å². The third kappa shape index (κ3) is 1.61. The molecule has 2 aromatic carbocycles. The minimum atomic E-state index is 1.16. The molecule has 90 valence electrons. The molecule has 0 unspecified atom stereocenters. The van der Waals surface area contributed by atoms with Gasteiger partial charge in [-0.3, -0.25) is 0 Å². The molecule has 2 aromatic heterocycles. The van der Waals surface area contributed by atoms with Crippen molar-refractivity contribution >= 4 is 21.8 Å². The monoisotopic (exact) mass is 245 g/mol. The van der Waals surface area contributed by atoms with Crippen molar-refractivity contribution < 1.29 is 4.57 Å². The summed E-state index contributed by atoms with van der Waals surface area (Å²) >= 11 is 0. The lowest BCUT2D eigenvalue weighted by atomic mass is 10.2. The smallest absolute Gasteiger partial charge is 0.210 e. The van der Waals surface area contributed by atoms with Crippen LogP contribution in [0.5, 0.6) is 0 Å². The van der Waals surface area contributed by atoms with E-state index in [0.29, 0.717) is 0 Å². The SMILES string of the molecule is c1ccc(-[n+]2ccc3c(c2)[nH]c2ccccc23)cc1. The standard InChI is InChI=1S/C17H12N2/c1-2-6-13(7-3-1)19-11-10-15-14-8-4-5-9-16(14)18-17(15)12-19/h1-12H/p+1. The highest BCUT2D eigenvalue weighted by Crippen LogP contribution is 2.23. The van der Waals surface area contributed by atoms with Crippen molar-refractivity contribution in [1.82, 2.24) is 4.98 Å². The van der Waals surface area contributed by atoms with Crippen molar-refractivity contribution in [3.05, 3.63) is 73.1 Å². The van der Waals surface area contributed by atoms with Gasteiger partial charge in [0.05, 0.1) is 0 Å². The maximum atomic E-state index is 3.47. The zero-order chi connectivity index (χ0) is 12.7. The average Bonchev–Trinajstić information content (AvgIpc) is 2.86. The van der Waals surface area contributed by atoms with E-state index < -0.39 is 0 Å². The predicted molar refractivity (Wildman–Crippen MR) is 77.3 cm³/mol. The van der Waals surface area contributed by atoms with E-state index >= 15 is 0 Å². The zero-order valence-corrected chi connectivity index (χ0v) is 10.4. The van der Waals surface area contributed by atoms with Crippen LogP contribution in [0.25, 0.3) is 27.5 Å². The number of nitrogens with one attached hydrogen (secondary N) is 1. The van der Waals surface area contributed by atoms with Crippen molar-refractivity contribution in [2.45, 2.75) is 0 Å². The Labute approximate surface area is 110 Å². The minimum Gasteiger partial charge on any atom is -0.350 e. The molecule has 1 N–H and O–H groups in total. The Morgan fingerprint density at radius 2 is 1.42 bits per heavy atom. The quantitative estimate of drug-likeness (QED) is 0.494. The molecule has 4 rings (SSSR count). The van der Waals surface area contributed by atoms with Crippen LogP contribution in [0, 0.1) is 0 Å². The topological polar surface area (TPSA) is 19.7 Å². The van der Waals surface area contributed by atoms with E-state index in [1.807, 2.05) is 6.07 Å². The summed E-state index contributed by atoms with van der Waals surface area (Å²) in [6.45, 7) is 0. The highest BCUT2D eigenvalue weighted by atomic mass is 14.9. The second-order valence-corrected chi connectivity index (χ2v) is 4.69. The van der Waals surface area contributed by atoms with E-state index in [9.17, 15) is 0 Å². The number of aromatic nitrogens is 2. The molecule has 19 heavy (non-hydrogen) atoms. The molecule has 0 aliphatic heterocycles. The van der Waals surface area contributed by atoms with E-state index in [1.165, 1.54) is 22.0 Å². The number of nitrogens with zero attached hydrogens (tertiary/aromatic N) is 1. The summed E-state index contributed by atoms with van der Waals surface area (Å²) in [6.07, 6.45) is 4.25. The summed E-state index contributed by atoms with van der Waals surface area (Å²) in [5, 5.41) is 2.54. The molecule has 0 bridgehead atoms. The van der Waals surface area contributed by atoms with Crippen LogP contribution in [0.3, 0.4) is 0 Å². The fraction of sp³-hybridized carbons (Fsp3) is 0. The summed E-state index contributed by atoms with van der Waals surface area (Å²) < 4.78 is 2.14. The molecule has 2 heteroatoms. The van der Waals surface area contributed by atoms with Gasteiger partial charge in [-0.15, -0.1) is 0 Å². The normalized spacial score (nSPS) is 11.2. The number of hydrogen-bond donors (Lipinski definition) is 1. The molecule has 0 saturated heterocycles. The number of fused-ring (bicyclic) bond motifs is 3. The fourth-order valence-electron chi connectivity index (χ4n) is 2.56. The molecule has 0 saturated carbocycles. The molecule has 4 aromatic rings. The molecule has 0 fully saturated rings. The number of para-hydroxylation sites is 2. The van der Waals surface area contributed by atoms with Crippen molar-refractivity contribution in [3.8, 4) is 5.69 Å². The van der Waals surface area contributed by atoms with Gasteiger partial charge in [0.15, 0.2) is 12.4 Å². The lowest BCUT2D eigenvalue weighted by Gasteiger charge is -1.95. The van der Waals surface area contributed by atoms with Crippen LogP contribution in [0.2, 0.25) is 0 Å². The van der Waals surface area contributed by atoms with Gasteiger partial charge in [0.1, 0.15) is 5.52 Å². The molecule has 0 radical (unpaired) electrons. The van der Waals surface area contributed by atoms with Crippen LogP contribution >= 0.6 is 0 Å². The maximum Gasteiger partial charge on any atom is 0.210 e. The first kappa shape index (κ1) is 10.3. The first-order valence-corrected chi connectivity index (χ1v) is 6.39. The Hall–Kier alpha value is -2.61. The van der Waals surface area contributed by atoms with Gasteiger partial charge in [0.25, 0.3) is 0 Å². The molecule has 0 aliphatic carbocycles. The molecule has 0 amide bonds. The first-order chi connectivity index (χ1) is 9.42. The van der Waals surface area contributed by atoms with Gasteiger partial charge in [-0.05, 0) is 6.07 Å². The molecule has 0 atom stereocenters. The number of rotatable bonds is 1. The molecular formula is C17H13N2+. The lowest BCUT2D eigenvalue weighted by Crippen LogP contribution is -2.29. The third-order valence-corrected chi connectivity index (χ3v) is 3.50. The van der Waals surface area contributed by atoms with Crippen LogP contribution < -0.4 is 4.57 Å². The summed E-state index contributed by atoms with van der Waals surface area (Å²) in [5.74, 6) is 0. The summed E-state index contributed by atoms with van der Waals surface area (Å²) in [6, 6.07) is 20.9. The van der Waals surface area contributed by atoms with Gasteiger partial charge in [0, 0.05) is 34.5 Å². The Morgan fingerprint density at radius 3 is 2.32 bits per heavy atom. The summed E-state index contributed by atoms with van der Waals surface area (Å²) in [7, 11) is 0. The van der Waals surface area contributed by atoms with Gasteiger partial charge in [-0.2, -0.15) is 4.57 Å². The van der Waals surface area contributed by atoms with E-state index in [4.69, 9.17) is 0 Å². The third-order valence-electron chi connectivity index (χ3n) is 3.50. The van der Waals surface area contributed by atoms with E-state index in [2.05, 4.69) is 76.5 Å². The van der Waals surface area contributed by atoms with Crippen molar-refractivity contribution in [2.75, 3.05) is 0 Å². The van der Waals surface area contributed by atoms with Crippen LogP contribution in [0.4, 0.5) is 0 Å². The van der Waals surface area contributed by atoms with E-state index in [0.717, 1.165) is 5.52 Å². The van der Waals surface area contributed by atoms with Crippen molar-refractivity contribution in [3.63, 3.8) is 0 Å². The molecular weight excluding hydrogens is 232 g/mol. The number of H-pyrrole nitrogens is 1.